The fraction of sp³-hybridized carbons (Fsp3) is 0. The second-order valence-corrected chi connectivity index (χ2v) is 3.02. The van der Waals surface area contributed by atoms with Crippen molar-refractivity contribution < 1.29 is 4.79 Å². The lowest BCUT2D eigenvalue weighted by molar-refractivity contribution is 0.111. The van der Waals surface area contributed by atoms with E-state index in [0.29, 0.717) is 11.9 Å². The number of hydrogen-bond acceptors (Lipinski definition) is 3. The molecule has 0 unspecified atom stereocenters. The van der Waals surface area contributed by atoms with E-state index in [-0.39, 0.29) is 5.82 Å². The van der Waals surface area contributed by atoms with Gasteiger partial charge in [-0.25, -0.2) is 9.50 Å². The van der Waals surface area contributed by atoms with Crippen LogP contribution in [0.2, 0.25) is 0 Å². The zero-order chi connectivity index (χ0) is 8.55. The van der Waals surface area contributed by atoms with E-state index in [1.54, 1.807) is 10.6 Å². The predicted octanol–water partition coefficient (Wildman–Crippen LogP) is 1.30. The molecular weight excluding hydrogens is 222 g/mol. The number of rotatable bonds is 1. The molecule has 2 heterocycles. The summed E-state index contributed by atoms with van der Waals surface area (Å²) in [6.07, 6.45) is 0.624. The van der Waals surface area contributed by atoms with Crippen LogP contribution in [0.15, 0.2) is 22.8 Å². The molecule has 0 saturated carbocycles. The fourth-order valence-electron chi connectivity index (χ4n) is 0.940. The van der Waals surface area contributed by atoms with Gasteiger partial charge >= 0.3 is 0 Å². The molecule has 0 aromatic carbocycles. The summed E-state index contributed by atoms with van der Waals surface area (Å²) in [7, 11) is 0. The van der Waals surface area contributed by atoms with E-state index in [1.807, 2.05) is 12.1 Å². The van der Waals surface area contributed by atoms with Gasteiger partial charge in [0.25, 0.3) is 0 Å². The van der Waals surface area contributed by atoms with Crippen LogP contribution in [0, 0.1) is 0 Å². The van der Waals surface area contributed by atoms with Crippen molar-refractivity contribution in [1.29, 1.82) is 0 Å². The molecule has 2 aromatic heterocycles. The van der Waals surface area contributed by atoms with Gasteiger partial charge in [-0.2, -0.15) is 0 Å². The van der Waals surface area contributed by atoms with Gasteiger partial charge in [0.1, 0.15) is 4.60 Å². The number of carbonyl (C=O) groups is 1. The summed E-state index contributed by atoms with van der Waals surface area (Å²) in [6.45, 7) is 0. The monoisotopic (exact) mass is 225 g/mol. The first-order valence-electron chi connectivity index (χ1n) is 3.28. The van der Waals surface area contributed by atoms with Gasteiger partial charge in [-0.05, 0) is 28.1 Å². The van der Waals surface area contributed by atoms with Crippen LogP contribution in [0.25, 0.3) is 5.65 Å². The van der Waals surface area contributed by atoms with Crippen LogP contribution in [-0.2, 0) is 0 Å². The number of fused-ring (bicyclic) bond motifs is 1. The molecule has 0 spiro atoms. The average molecular weight is 226 g/mol. The van der Waals surface area contributed by atoms with Gasteiger partial charge in [-0.15, -0.1) is 5.10 Å². The van der Waals surface area contributed by atoms with Crippen LogP contribution in [0.5, 0.6) is 0 Å². The van der Waals surface area contributed by atoms with Crippen molar-refractivity contribution in [3.05, 3.63) is 28.6 Å². The fourth-order valence-corrected chi connectivity index (χ4v) is 1.35. The summed E-state index contributed by atoms with van der Waals surface area (Å²) in [4.78, 5) is 14.3. The smallest absolute Gasteiger partial charge is 0.215 e. The Balaban J connectivity index is 2.82. The largest absolute Gasteiger partial charge is 0.294 e. The second kappa shape index (κ2) is 2.67. The van der Waals surface area contributed by atoms with E-state index < -0.39 is 0 Å². The average Bonchev–Trinajstić information content (AvgIpc) is 2.49. The van der Waals surface area contributed by atoms with Gasteiger partial charge in [0.2, 0.25) is 5.82 Å². The molecule has 5 heteroatoms. The first kappa shape index (κ1) is 7.42. The molecule has 0 fully saturated rings. The Morgan fingerprint density at radius 3 is 3.00 bits per heavy atom. The van der Waals surface area contributed by atoms with Gasteiger partial charge in [0, 0.05) is 0 Å². The summed E-state index contributed by atoms with van der Waals surface area (Å²) >= 11 is 3.28. The normalized spacial score (nSPS) is 10.4. The third-order valence-electron chi connectivity index (χ3n) is 1.44. The Bertz CT molecular complexity index is 437. The van der Waals surface area contributed by atoms with E-state index in [2.05, 4.69) is 26.0 Å². The molecule has 0 aliphatic carbocycles. The Labute approximate surface area is 76.4 Å². The van der Waals surface area contributed by atoms with Crippen LogP contribution < -0.4 is 0 Å². The number of halogens is 1. The van der Waals surface area contributed by atoms with Crippen LogP contribution >= 0.6 is 15.9 Å². The molecule has 2 aromatic rings. The van der Waals surface area contributed by atoms with Gasteiger partial charge in [-0.1, -0.05) is 6.07 Å². The molecule has 2 rings (SSSR count). The van der Waals surface area contributed by atoms with E-state index in [9.17, 15) is 4.79 Å². The van der Waals surface area contributed by atoms with Crippen molar-refractivity contribution in [3.8, 4) is 0 Å². The minimum Gasteiger partial charge on any atom is -0.294 e. The Kier molecular flexibility index (Phi) is 1.65. The van der Waals surface area contributed by atoms with Gasteiger partial charge in [0.15, 0.2) is 11.9 Å². The molecular formula is C7H4BrN3O. The number of nitrogens with zero attached hydrogens (tertiary/aromatic N) is 3. The summed E-state index contributed by atoms with van der Waals surface area (Å²) in [5, 5.41) is 3.92. The van der Waals surface area contributed by atoms with Crippen LogP contribution in [0.1, 0.15) is 10.6 Å². The molecule has 12 heavy (non-hydrogen) atoms. The highest BCUT2D eigenvalue weighted by atomic mass is 79.9. The van der Waals surface area contributed by atoms with Crippen molar-refractivity contribution in [2.45, 2.75) is 0 Å². The van der Waals surface area contributed by atoms with Crippen LogP contribution in [0.4, 0.5) is 0 Å². The Morgan fingerprint density at radius 1 is 1.50 bits per heavy atom. The SMILES string of the molecule is O=Cc1nc2cccc(Br)n2n1. The maximum atomic E-state index is 10.3. The minimum atomic E-state index is 0.196. The van der Waals surface area contributed by atoms with E-state index in [1.165, 1.54) is 0 Å². The zero-order valence-electron chi connectivity index (χ0n) is 5.94. The van der Waals surface area contributed by atoms with Gasteiger partial charge in [0.05, 0.1) is 0 Å². The molecule has 0 radical (unpaired) electrons. The standard InChI is InChI=1S/C7H4BrN3O/c8-5-2-1-3-7-9-6(4-12)10-11(5)7/h1-4H. The summed E-state index contributed by atoms with van der Waals surface area (Å²) in [6, 6.07) is 5.45. The van der Waals surface area contributed by atoms with Crippen molar-refractivity contribution >= 4 is 27.9 Å². The Morgan fingerprint density at radius 2 is 2.33 bits per heavy atom. The summed E-state index contributed by atoms with van der Waals surface area (Å²) in [5.74, 6) is 0.196. The molecule has 0 saturated heterocycles. The maximum Gasteiger partial charge on any atom is 0.215 e. The Hall–Kier alpha value is -1.23. The first-order valence-corrected chi connectivity index (χ1v) is 4.07. The van der Waals surface area contributed by atoms with Crippen LogP contribution in [0.3, 0.4) is 0 Å². The number of aromatic nitrogens is 3. The number of carbonyl (C=O) groups excluding carboxylic acids is 1. The number of pyridine rings is 1. The highest BCUT2D eigenvalue weighted by Crippen LogP contribution is 2.10. The number of aldehydes is 1. The lowest BCUT2D eigenvalue weighted by Gasteiger charge is -1.91. The molecule has 0 amide bonds. The van der Waals surface area contributed by atoms with Crippen molar-refractivity contribution in [3.63, 3.8) is 0 Å². The first-order chi connectivity index (χ1) is 5.81. The number of hydrogen-bond donors (Lipinski definition) is 0. The van der Waals surface area contributed by atoms with Gasteiger partial charge < -0.3 is 0 Å². The highest BCUT2D eigenvalue weighted by molar-refractivity contribution is 9.10. The highest BCUT2D eigenvalue weighted by Gasteiger charge is 2.02. The minimum absolute atomic E-state index is 0.196. The molecule has 4 nitrogen and oxygen atoms in total. The molecule has 0 aliphatic rings. The quantitative estimate of drug-likeness (QED) is 0.543. The molecule has 60 valence electrons. The predicted molar refractivity (Wildman–Crippen MR) is 46.1 cm³/mol. The van der Waals surface area contributed by atoms with Crippen molar-refractivity contribution in [1.82, 2.24) is 14.6 Å². The van der Waals surface area contributed by atoms with Gasteiger partial charge in [-0.3, -0.25) is 4.79 Å². The second-order valence-electron chi connectivity index (χ2n) is 2.21. The van der Waals surface area contributed by atoms with E-state index in [0.717, 1.165) is 4.60 Å². The molecule has 0 aliphatic heterocycles. The van der Waals surface area contributed by atoms with E-state index >= 15 is 0 Å². The van der Waals surface area contributed by atoms with Crippen LogP contribution in [-0.4, -0.2) is 20.9 Å². The lowest BCUT2D eigenvalue weighted by Crippen LogP contribution is -1.89. The summed E-state index contributed by atoms with van der Waals surface area (Å²) in [5.41, 5.74) is 0.659. The third-order valence-corrected chi connectivity index (χ3v) is 2.04. The topological polar surface area (TPSA) is 47.3 Å². The maximum absolute atomic E-state index is 10.3. The van der Waals surface area contributed by atoms with E-state index in [4.69, 9.17) is 0 Å². The van der Waals surface area contributed by atoms with Crippen molar-refractivity contribution in [2.24, 2.45) is 0 Å². The zero-order valence-corrected chi connectivity index (χ0v) is 7.52. The van der Waals surface area contributed by atoms with Crippen molar-refractivity contribution in [2.75, 3.05) is 0 Å². The third kappa shape index (κ3) is 1.02. The molecule has 0 N–H and O–H groups in total. The summed E-state index contributed by atoms with van der Waals surface area (Å²) < 4.78 is 2.34. The lowest BCUT2D eigenvalue weighted by atomic mass is 10.5. The molecule has 0 atom stereocenters. The molecule has 0 bridgehead atoms.